The SMILES string of the molecule is [2H]C([2H])([2H])c1ccc(C(C)NC(=O)Cn2ncc3c(c(C)nn3C(C)C)c2=O)cc1. The predicted octanol–water partition coefficient (Wildman–Crippen LogP) is 2.67. The number of benzene rings is 1. The predicted molar refractivity (Wildman–Crippen MR) is 105 cm³/mol. The molecule has 0 bridgehead atoms. The van der Waals surface area contributed by atoms with Gasteiger partial charge in [0.1, 0.15) is 6.54 Å². The smallest absolute Gasteiger partial charge is 0.278 e. The molecule has 3 rings (SSSR count). The van der Waals surface area contributed by atoms with E-state index in [0.717, 1.165) is 10.2 Å². The zero-order chi connectivity index (χ0) is 22.2. The summed E-state index contributed by atoms with van der Waals surface area (Å²) >= 11 is 0. The molecule has 2 heterocycles. The van der Waals surface area contributed by atoms with Gasteiger partial charge >= 0.3 is 0 Å². The Hall–Kier alpha value is -2.96. The number of nitrogens with one attached hydrogen (secondary N) is 1. The number of aryl methyl sites for hydroxylation is 2. The van der Waals surface area contributed by atoms with Crippen molar-refractivity contribution in [3.8, 4) is 0 Å². The van der Waals surface area contributed by atoms with Crippen molar-refractivity contribution in [2.75, 3.05) is 0 Å². The maximum Gasteiger partial charge on any atom is 0.278 e. The lowest BCUT2D eigenvalue weighted by atomic mass is 10.1. The first-order valence-electron chi connectivity index (χ1n) is 10.3. The maximum atomic E-state index is 12.8. The Morgan fingerprint density at radius 2 is 1.96 bits per heavy atom. The normalized spacial score (nSPS) is 14.6. The highest BCUT2D eigenvalue weighted by molar-refractivity contribution is 5.81. The van der Waals surface area contributed by atoms with Crippen LogP contribution in [-0.4, -0.2) is 25.5 Å². The van der Waals surface area contributed by atoms with Gasteiger partial charge in [0.15, 0.2) is 0 Å². The second kappa shape index (κ2) is 7.34. The minimum absolute atomic E-state index is 0.0825. The molecule has 1 amide bonds. The number of hydrogen-bond donors (Lipinski definition) is 1. The Bertz CT molecular complexity index is 1130. The van der Waals surface area contributed by atoms with Gasteiger partial charge in [-0.15, -0.1) is 0 Å². The maximum absolute atomic E-state index is 12.8. The number of carbonyl (C=O) groups is 1. The second-order valence-corrected chi connectivity index (χ2v) is 6.90. The minimum Gasteiger partial charge on any atom is -0.348 e. The summed E-state index contributed by atoms with van der Waals surface area (Å²) < 4.78 is 25.1. The summed E-state index contributed by atoms with van der Waals surface area (Å²) in [5.74, 6) is -0.370. The Labute approximate surface area is 162 Å². The van der Waals surface area contributed by atoms with Crippen molar-refractivity contribution in [2.45, 2.75) is 53.2 Å². The van der Waals surface area contributed by atoms with Gasteiger partial charge in [-0.05, 0) is 40.1 Å². The molecule has 0 radical (unpaired) electrons. The molecule has 2 aromatic heterocycles. The minimum atomic E-state index is -2.17. The summed E-state index contributed by atoms with van der Waals surface area (Å²) in [6.45, 7) is 5.10. The number of hydrogen-bond acceptors (Lipinski definition) is 4. The zero-order valence-electron chi connectivity index (χ0n) is 18.9. The molecule has 3 aromatic rings. The lowest BCUT2D eigenvalue weighted by Crippen LogP contribution is -2.35. The van der Waals surface area contributed by atoms with Crippen LogP contribution in [0.15, 0.2) is 35.3 Å². The van der Waals surface area contributed by atoms with Gasteiger partial charge in [0.2, 0.25) is 5.91 Å². The van der Waals surface area contributed by atoms with Gasteiger partial charge in [-0.3, -0.25) is 14.3 Å². The van der Waals surface area contributed by atoms with Crippen LogP contribution >= 0.6 is 0 Å². The standard InChI is InChI=1S/C20H25N5O2/c1-12(2)25-17-10-21-24(20(27)19(17)15(5)23-25)11-18(26)22-14(4)16-8-6-13(3)7-9-16/h6-10,12,14H,11H2,1-5H3,(H,22,26)/i3D3. The number of amides is 1. The van der Waals surface area contributed by atoms with Crippen molar-refractivity contribution in [3.05, 3.63) is 57.6 Å². The lowest BCUT2D eigenvalue weighted by Gasteiger charge is -2.15. The van der Waals surface area contributed by atoms with Crippen LogP contribution in [0.2, 0.25) is 0 Å². The van der Waals surface area contributed by atoms with E-state index in [1.807, 2.05) is 13.8 Å². The highest BCUT2D eigenvalue weighted by Crippen LogP contribution is 2.17. The lowest BCUT2D eigenvalue weighted by molar-refractivity contribution is -0.122. The summed E-state index contributed by atoms with van der Waals surface area (Å²) in [5.41, 5.74) is 1.89. The molecule has 1 N–H and O–H groups in total. The summed E-state index contributed by atoms with van der Waals surface area (Å²) in [4.78, 5) is 25.3. The molecule has 0 saturated heterocycles. The molecule has 0 aliphatic rings. The van der Waals surface area contributed by atoms with Crippen LogP contribution in [-0.2, 0) is 11.3 Å². The zero-order valence-corrected chi connectivity index (χ0v) is 15.9. The molecule has 1 unspecified atom stereocenters. The Morgan fingerprint density at radius 1 is 1.26 bits per heavy atom. The van der Waals surface area contributed by atoms with Crippen molar-refractivity contribution in [1.29, 1.82) is 0 Å². The van der Waals surface area contributed by atoms with Crippen LogP contribution in [0, 0.1) is 13.8 Å². The molecule has 0 fully saturated rings. The van der Waals surface area contributed by atoms with E-state index >= 15 is 0 Å². The molecule has 1 aromatic carbocycles. The molecule has 0 spiro atoms. The number of nitrogens with zero attached hydrogens (tertiary/aromatic N) is 4. The fourth-order valence-corrected chi connectivity index (χ4v) is 3.04. The van der Waals surface area contributed by atoms with E-state index in [1.54, 1.807) is 36.9 Å². The highest BCUT2D eigenvalue weighted by atomic mass is 16.2. The third-order valence-corrected chi connectivity index (χ3v) is 4.46. The van der Waals surface area contributed by atoms with Crippen LogP contribution < -0.4 is 10.9 Å². The van der Waals surface area contributed by atoms with Crippen LogP contribution in [0.5, 0.6) is 0 Å². The van der Waals surface area contributed by atoms with E-state index in [-0.39, 0.29) is 35.7 Å². The van der Waals surface area contributed by atoms with Gasteiger partial charge in [0.25, 0.3) is 5.56 Å². The van der Waals surface area contributed by atoms with E-state index < -0.39 is 6.85 Å². The third kappa shape index (κ3) is 3.77. The first-order chi connectivity index (χ1) is 14.0. The van der Waals surface area contributed by atoms with Crippen LogP contribution in [0.25, 0.3) is 10.9 Å². The van der Waals surface area contributed by atoms with E-state index in [4.69, 9.17) is 4.11 Å². The van der Waals surface area contributed by atoms with Crippen molar-refractivity contribution >= 4 is 16.8 Å². The number of fused-ring (bicyclic) bond motifs is 1. The van der Waals surface area contributed by atoms with Gasteiger partial charge < -0.3 is 5.32 Å². The summed E-state index contributed by atoms with van der Waals surface area (Å²) in [5, 5.41) is 11.8. The molecule has 0 saturated carbocycles. The molecule has 7 heteroatoms. The molecule has 1 atom stereocenters. The first-order valence-corrected chi connectivity index (χ1v) is 8.83. The Balaban J connectivity index is 1.76. The van der Waals surface area contributed by atoms with E-state index in [0.29, 0.717) is 16.6 Å². The topological polar surface area (TPSA) is 81.8 Å². The number of rotatable bonds is 5. The van der Waals surface area contributed by atoms with Gasteiger partial charge in [0, 0.05) is 10.2 Å². The molecular weight excluding hydrogens is 342 g/mol. The molecule has 27 heavy (non-hydrogen) atoms. The largest absolute Gasteiger partial charge is 0.348 e. The average molecular weight is 370 g/mol. The van der Waals surface area contributed by atoms with E-state index in [2.05, 4.69) is 15.5 Å². The van der Waals surface area contributed by atoms with Gasteiger partial charge in [0.05, 0.1) is 28.8 Å². The third-order valence-electron chi connectivity index (χ3n) is 4.46. The van der Waals surface area contributed by atoms with E-state index in [1.165, 1.54) is 12.1 Å². The van der Waals surface area contributed by atoms with Crippen molar-refractivity contribution in [2.24, 2.45) is 0 Å². The Morgan fingerprint density at radius 3 is 2.59 bits per heavy atom. The molecule has 0 aliphatic heterocycles. The molecule has 142 valence electrons. The molecule has 0 aliphatic carbocycles. The van der Waals surface area contributed by atoms with Gasteiger partial charge in [-0.25, -0.2) is 4.68 Å². The highest BCUT2D eigenvalue weighted by Gasteiger charge is 2.17. The summed E-state index contributed by atoms with van der Waals surface area (Å²) in [6.07, 6.45) is 1.56. The fourth-order valence-electron chi connectivity index (χ4n) is 3.04. The molecular formula is C20H25N5O2. The number of aromatic nitrogens is 4. The quantitative estimate of drug-likeness (QED) is 0.749. The second-order valence-electron chi connectivity index (χ2n) is 6.90. The van der Waals surface area contributed by atoms with Gasteiger partial charge in [-0.1, -0.05) is 29.8 Å². The van der Waals surface area contributed by atoms with Crippen molar-refractivity contribution in [3.63, 3.8) is 0 Å². The summed E-state index contributed by atoms with van der Waals surface area (Å²) in [6, 6.07) is 6.13. The average Bonchev–Trinajstić information content (AvgIpc) is 3.01. The van der Waals surface area contributed by atoms with Crippen LogP contribution in [0.3, 0.4) is 0 Å². The van der Waals surface area contributed by atoms with Crippen LogP contribution in [0.4, 0.5) is 0 Å². The fraction of sp³-hybridized carbons (Fsp3) is 0.400. The monoisotopic (exact) mass is 370 g/mol. The van der Waals surface area contributed by atoms with Crippen LogP contribution in [0.1, 0.15) is 53.8 Å². The first kappa shape index (κ1) is 15.1. The number of carbonyl (C=O) groups excluding carboxylic acids is 1. The Kier molecular flexibility index (Phi) is 4.12. The molecule has 7 nitrogen and oxygen atoms in total. The van der Waals surface area contributed by atoms with Crippen molar-refractivity contribution < 1.29 is 8.91 Å². The van der Waals surface area contributed by atoms with E-state index in [9.17, 15) is 9.59 Å². The van der Waals surface area contributed by atoms with Crippen molar-refractivity contribution in [1.82, 2.24) is 24.9 Å². The summed E-state index contributed by atoms with van der Waals surface area (Å²) in [7, 11) is 0. The van der Waals surface area contributed by atoms with Gasteiger partial charge in [-0.2, -0.15) is 10.2 Å².